The zero-order chi connectivity index (χ0) is 16.2. The minimum atomic E-state index is -0.0121. The SMILES string of the molecule is COc1ccc(Cl)cc1C(=O)N1CCC(Cn2cccn2)CC1. The van der Waals surface area contributed by atoms with Gasteiger partial charge in [0, 0.05) is 37.1 Å². The van der Waals surface area contributed by atoms with Gasteiger partial charge in [-0.2, -0.15) is 5.10 Å². The molecule has 5 nitrogen and oxygen atoms in total. The Morgan fingerprint density at radius 2 is 2.17 bits per heavy atom. The molecule has 0 radical (unpaired) electrons. The van der Waals surface area contributed by atoms with Crippen molar-refractivity contribution in [1.82, 2.24) is 14.7 Å². The van der Waals surface area contributed by atoms with Crippen molar-refractivity contribution in [2.24, 2.45) is 5.92 Å². The zero-order valence-electron chi connectivity index (χ0n) is 13.1. The number of hydrogen-bond donors (Lipinski definition) is 0. The Balaban J connectivity index is 1.63. The lowest BCUT2D eigenvalue weighted by Crippen LogP contribution is -2.39. The molecule has 23 heavy (non-hydrogen) atoms. The molecular weight excluding hydrogens is 314 g/mol. The van der Waals surface area contributed by atoms with Crippen molar-refractivity contribution >= 4 is 17.5 Å². The number of methoxy groups -OCH3 is 1. The van der Waals surface area contributed by atoms with E-state index in [0.717, 1.165) is 32.5 Å². The summed E-state index contributed by atoms with van der Waals surface area (Å²) < 4.78 is 7.25. The topological polar surface area (TPSA) is 47.4 Å². The summed E-state index contributed by atoms with van der Waals surface area (Å²) in [5.74, 6) is 1.11. The molecule has 3 rings (SSSR count). The van der Waals surface area contributed by atoms with E-state index in [1.54, 1.807) is 31.5 Å². The van der Waals surface area contributed by atoms with Crippen molar-refractivity contribution in [2.45, 2.75) is 19.4 Å². The minimum Gasteiger partial charge on any atom is -0.496 e. The number of aromatic nitrogens is 2. The summed E-state index contributed by atoms with van der Waals surface area (Å²) in [7, 11) is 1.57. The van der Waals surface area contributed by atoms with Gasteiger partial charge in [-0.3, -0.25) is 9.48 Å². The highest BCUT2D eigenvalue weighted by atomic mass is 35.5. The third-order valence-electron chi connectivity index (χ3n) is 4.30. The van der Waals surface area contributed by atoms with Gasteiger partial charge in [0.25, 0.3) is 5.91 Å². The number of piperidine rings is 1. The first-order valence-corrected chi connectivity index (χ1v) is 8.15. The number of nitrogens with zero attached hydrogens (tertiary/aromatic N) is 3. The minimum absolute atomic E-state index is 0.0121. The molecule has 1 aliphatic rings. The normalized spacial score (nSPS) is 15.7. The van der Waals surface area contributed by atoms with Crippen LogP contribution in [0.1, 0.15) is 23.2 Å². The Kier molecular flexibility index (Phi) is 4.86. The summed E-state index contributed by atoms with van der Waals surface area (Å²) in [6.07, 6.45) is 5.74. The van der Waals surface area contributed by atoms with Gasteiger partial charge in [-0.05, 0) is 43.0 Å². The molecule has 1 saturated heterocycles. The second-order valence-electron chi connectivity index (χ2n) is 5.81. The van der Waals surface area contributed by atoms with Crippen molar-refractivity contribution in [3.63, 3.8) is 0 Å². The molecule has 0 atom stereocenters. The first kappa shape index (κ1) is 15.9. The molecule has 0 spiro atoms. The summed E-state index contributed by atoms with van der Waals surface area (Å²) in [6, 6.07) is 7.08. The molecule has 6 heteroatoms. The van der Waals surface area contributed by atoms with E-state index in [9.17, 15) is 4.79 Å². The Bertz CT molecular complexity index is 664. The third-order valence-corrected chi connectivity index (χ3v) is 4.53. The molecule has 0 bridgehead atoms. The van der Waals surface area contributed by atoms with Gasteiger partial charge in [-0.1, -0.05) is 11.6 Å². The Hall–Kier alpha value is -2.01. The molecule has 2 heterocycles. The van der Waals surface area contributed by atoms with Crippen molar-refractivity contribution in [3.05, 3.63) is 47.2 Å². The number of carbonyl (C=O) groups is 1. The highest BCUT2D eigenvalue weighted by molar-refractivity contribution is 6.31. The first-order valence-electron chi connectivity index (χ1n) is 7.77. The third kappa shape index (κ3) is 3.67. The van der Waals surface area contributed by atoms with E-state index in [0.29, 0.717) is 22.3 Å². The molecule has 1 aliphatic heterocycles. The number of carbonyl (C=O) groups excluding carboxylic acids is 1. The molecule has 0 N–H and O–H groups in total. The predicted molar refractivity (Wildman–Crippen MR) is 88.9 cm³/mol. The van der Waals surface area contributed by atoms with Crippen LogP contribution in [0.2, 0.25) is 5.02 Å². The van der Waals surface area contributed by atoms with Crippen LogP contribution in [-0.4, -0.2) is 40.8 Å². The maximum Gasteiger partial charge on any atom is 0.257 e. The van der Waals surface area contributed by atoms with Crippen LogP contribution in [0.3, 0.4) is 0 Å². The van der Waals surface area contributed by atoms with Crippen molar-refractivity contribution in [1.29, 1.82) is 0 Å². The smallest absolute Gasteiger partial charge is 0.257 e. The molecule has 1 amide bonds. The Morgan fingerprint density at radius 1 is 1.39 bits per heavy atom. The Labute approximate surface area is 140 Å². The van der Waals surface area contributed by atoms with E-state index >= 15 is 0 Å². The van der Waals surface area contributed by atoms with Crippen molar-refractivity contribution in [2.75, 3.05) is 20.2 Å². The molecule has 0 unspecified atom stereocenters. The second-order valence-corrected chi connectivity index (χ2v) is 6.24. The molecule has 122 valence electrons. The van der Waals surface area contributed by atoms with Crippen LogP contribution >= 0.6 is 11.6 Å². The average Bonchev–Trinajstić information content (AvgIpc) is 3.08. The summed E-state index contributed by atoms with van der Waals surface area (Å²) in [5, 5.41) is 4.79. The van der Waals surface area contributed by atoms with Crippen LogP contribution in [0.5, 0.6) is 5.75 Å². The van der Waals surface area contributed by atoms with Gasteiger partial charge in [0.1, 0.15) is 5.75 Å². The van der Waals surface area contributed by atoms with Crippen LogP contribution in [0.25, 0.3) is 0 Å². The summed E-state index contributed by atoms with van der Waals surface area (Å²) in [4.78, 5) is 14.6. The monoisotopic (exact) mass is 333 g/mol. The summed E-state index contributed by atoms with van der Waals surface area (Å²) >= 11 is 6.02. The second kappa shape index (κ2) is 7.04. The average molecular weight is 334 g/mol. The fourth-order valence-electron chi connectivity index (χ4n) is 3.01. The fourth-order valence-corrected chi connectivity index (χ4v) is 3.18. The summed E-state index contributed by atoms with van der Waals surface area (Å²) in [5.41, 5.74) is 0.533. The maximum absolute atomic E-state index is 12.7. The largest absolute Gasteiger partial charge is 0.496 e. The van der Waals surface area contributed by atoms with Crippen LogP contribution in [0, 0.1) is 5.92 Å². The molecule has 0 saturated carbocycles. The van der Waals surface area contributed by atoms with E-state index in [2.05, 4.69) is 5.10 Å². The quantitative estimate of drug-likeness (QED) is 0.863. The Morgan fingerprint density at radius 3 is 2.83 bits per heavy atom. The highest BCUT2D eigenvalue weighted by Crippen LogP contribution is 2.26. The van der Waals surface area contributed by atoms with E-state index in [4.69, 9.17) is 16.3 Å². The number of ether oxygens (including phenoxy) is 1. The van der Waals surface area contributed by atoms with Gasteiger partial charge in [0.15, 0.2) is 0 Å². The van der Waals surface area contributed by atoms with Crippen molar-refractivity contribution in [3.8, 4) is 5.75 Å². The molecule has 1 aromatic heterocycles. The highest BCUT2D eigenvalue weighted by Gasteiger charge is 2.25. The molecule has 2 aromatic rings. The maximum atomic E-state index is 12.7. The standard InChI is InChI=1S/C17H20ClN3O2/c1-23-16-4-3-14(18)11-15(16)17(22)20-9-5-13(6-10-20)12-21-8-2-7-19-21/h2-4,7-8,11,13H,5-6,9-10,12H2,1H3. The lowest BCUT2D eigenvalue weighted by molar-refractivity contribution is 0.0678. The van der Waals surface area contributed by atoms with E-state index in [1.165, 1.54) is 0 Å². The number of likely N-dealkylation sites (tertiary alicyclic amines) is 1. The van der Waals surface area contributed by atoms with E-state index in [1.807, 2.05) is 21.8 Å². The number of hydrogen-bond acceptors (Lipinski definition) is 3. The number of halogens is 1. The number of rotatable bonds is 4. The van der Waals surface area contributed by atoms with Gasteiger partial charge >= 0.3 is 0 Å². The summed E-state index contributed by atoms with van der Waals surface area (Å²) in [6.45, 7) is 2.41. The number of amides is 1. The van der Waals surface area contributed by atoms with Crippen LogP contribution < -0.4 is 4.74 Å². The lowest BCUT2D eigenvalue weighted by atomic mass is 9.96. The van der Waals surface area contributed by atoms with Gasteiger partial charge < -0.3 is 9.64 Å². The van der Waals surface area contributed by atoms with Crippen LogP contribution in [0.4, 0.5) is 0 Å². The van der Waals surface area contributed by atoms with E-state index in [-0.39, 0.29) is 5.91 Å². The molecule has 1 aromatic carbocycles. The van der Waals surface area contributed by atoms with Gasteiger partial charge in [0.2, 0.25) is 0 Å². The molecular formula is C17H20ClN3O2. The molecule has 1 fully saturated rings. The predicted octanol–water partition coefficient (Wildman–Crippen LogP) is 3.10. The van der Waals surface area contributed by atoms with Crippen LogP contribution in [-0.2, 0) is 6.54 Å². The molecule has 0 aliphatic carbocycles. The number of benzene rings is 1. The zero-order valence-corrected chi connectivity index (χ0v) is 13.9. The first-order chi connectivity index (χ1) is 11.2. The van der Waals surface area contributed by atoms with Gasteiger partial charge in [-0.15, -0.1) is 0 Å². The van der Waals surface area contributed by atoms with Gasteiger partial charge in [0.05, 0.1) is 12.7 Å². The fraction of sp³-hybridized carbons (Fsp3) is 0.412. The van der Waals surface area contributed by atoms with Crippen molar-refractivity contribution < 1.29 is 9.53 Å². The van der Waals surface area contributed by atoms with Crippen LogP contribution in [0.15, 0.2) is 36.7 Å². The van der Waals surface area contributed by atoms with E-state index < -0.39 is 0 Å². The lowest BCUT2D eigenvalue weighted by Gasteiger charge is -2.32. The van der Waals surface area contributed by atoms with Gasteiger partial charge in [-0.25, -0.2) is 0 Å².